The van der Waals surface area contributed by atoms with Crippen molar-refractivity contribution >= 4 is 12.0 Å². The van der Waals surface area contributed by atoms with Gasteiger partial charge in [0, 0.05) is 24.5 Å². The lowest BCUT2D eigenvalue weighted by molar-refractivity contribution is -0.126. The number of nitrogens with zero attached hydrogens (tertiary/aromatic N) is 2. The molecule has 2 aliphatic heterocycles. The van der Waals surface area contributed by atoms with E-state index in [1.807, 2.05) is 12.1 Å². The van der Waals surface area contributed by atoms with Crippen LogP contribution in [-0.4, -0.2) is 72.7 Å². The number of benzene rings is 1. The molecule has 3 fully saturated rings. The van der Waals surface area contributed by atoms with E-state index in [2.05, 4.69) is 27.3 Å². The summed E-state index contributed by atoms with van der Waals surface area (Å²) >= 11 is 0. The van der Waals surface area contributed by atoms with Gasteiger partial charge in [-0.05, 0) is 82.4 Å². The van der Waals surface area contributed by atoms with Crippen molar-refractivity contribution in [2.75, 3.05) is 39.8 Å². The smallest absolute Gasteiger partial charge is 0.223 e. The summed E-state index contributed by atoms with van der Waals surface area (Å²) in [6.45, 7) is 5.32. The van der Waals surface area contributed by atoms with E-state index in [4.69, 9.17) is 4.74 Å². The first kappa shape index (κ1) is 21.2. The molecule has 0 radical (unpaired) electrons. The molecule has 6 heteroatoms. The fourth-order valence-electron chi connectivity index (χ4n) is 4.68. The van der Waals surface area contributed by atoms with Gasteiger partial charge < -0.3 is 20.1 Å². The minimum absolute atomic E-state index is 0.171. The van der Waals surface area contributed by atoms with E-state index >= 15 is 0 Å². The highest BCUT2D eigenvalue weighted by molar-refractivity contribution is 5.79. The van der Waals surface area contributed by atoms with Crippen LogP contribution < -0.4 is 10.1 Å². The molecule has 1 amide bonds. The first-order chi connectivity index (χ1) is 14.6. The molecule has 164 valence electrons. The van der Waals surface area contributed by atoms with Gasteiger partial charge in [-0.15, -0.1) is 0 Å². The number of piperidine rings is 2. The Morgan fingerprint density at radius 1 is 1.13 bits per heavy atom. The molecule has 0 unspecified atom stereocenters. The SMILES string of the molecule is COc1cc(C=CCN2CCC(N3CCC(C(=O)NC4CC4)CC3)CC2)ccc1O. The van der Waals surface area contributed by atoms with Crippen LogP contribution in [-0.2, 0) is 4.79 Å². The second-order valence-electron chi connectivity index (χ2n) is 8.96. The molecule has 30 heavy (non-hydrogen) atoms. The second kappa shape index (κ2) is 9.84. The van der Waals surface area contributed by atoms with Crippen molar-refractivity contribution in [3.05, 3.63) is 29.8 Å². The highest BCUT2D eigenvalue weighted by Gasteiger charge is 2.32. The Morgan fingerprint density at radius 3 is 2.53 bits per heavy atom. The van der Waals surface area contributed by atoms with Gasteiger partial charge in [-0.25, -0.2) is 0 Å². The number of phenols is 1. The number of likely N-dealkylation sites (tertiary alicyclic amines) is 2. The maximum Gasteiger partial charge on any atom is 0.223 e. The molecule has 0 spiro atoms. The van der Waals surface area contributed by atoms with Gasteiger partial charge in [0.1, 0.15) is 0 Å². The normalized spacial score (nSPS) is 22.4. The molecule has 1 saturated carbocycles. The molecule has 0 aromatic heterocycles. The Bertz CT molecular complexity index is 746. The van der Waals surface area contributed by atoms with Crippen LogP contribution in [0.25, 0.3) is 6.08 Å². The molecule has 0 bridgehead atoms. The number of aromatic hydroxyl groups is 1. The van der Waals surface area contributed by atoms with Crippen molar-refractivity contribution in [3.8, 4) is 11.5 Å². The van der Waals surface area contributed by atoms with E-state index in [9.17, 15) is 9.90 Å². The zero-order valence-electron chi connectivity index (χ0n) is 18.1. The molecule has 3 aliphatic rings. The lowest BCUT2D eigenvalue weighted by Gasteiger charge is -2.41. The Hall–Kier alpha value is -2.05. The van der Waals surface area contributed by atoms with Gasteiger partial charge >= 0.3 is 0 Å². The zero-order valence-corrected chi connectivity index (χ0v) is 18.1. The van der Waals surface area contributed by atoms with Crippen LogP contribution in [0.15, 0.2) is 24.3 Å². The van der Waals surface area contributed by atoms with E-state index in [-0.39, 0.29) is 11.7 Å². The lowest BCUT2D eigenvalue weighted by atomic mass is 9.92. The number of amides is 1. The summed E-state index contributed by atoms with van der Waals surface area (Å²) in [7, 11) is 1.57. The van der Waals surface area contributed by atoms with Crippen molar-refractivity contribution in [2.45, 2.75) is 50.6 Å². The summed E-state index contributed by atoms with van der Waals surface area (Å²) in [4.78, 5) is 17.4. The number of phenolic OH excluding ortho intramolecular Hbond substituents is 1. The van der Waals surface area contributed by atoms with E-state index in [1.165, 1.54) is 25.7 Å². The Balaban J connectivity index is 1.17. The monoisotopic (exact) mass is 413 g/mol. The minimum atomic E-state index is 0.171. The van der Waals surface area contributed by atoms with Crippen LogP contribution >= 0.6 is 0 Å². The average molecular weight is 414 g/mol. The fourth-order valence-corrected chi connectivity index (χ4v) is 4.68. The van der Waals surface area contributed by atoms with Gasteiger partial charge in [-0.1, -0.05) is 18.2 Å². The Kier molecular flexibility index (Phi) is 6.95. The standard InChI is InChI=1S/C24H35N3O3/c1-30-23-17-18(4-7-22(23)28)3-2-12-26-13-10-21(11-14-26)27-15-8-19(9-16-27)24(29)25-20-5-6-20/h2-4,7,17,19-21,28H,5-6,8-16H2,1H3,(H,25,29). The predicted molar refractivity (Wildman–Crippen MR) is 119 cm³/mol. The molecule has 1 aliphatic carbocycles. The number of carbonyl (C=O) groups is 1. The molecule has 2 saturated heterocycles. The summed E-state index contributed by atoms with van der Waals surface area (Å²) in [5.41, 5.74) is 1.04. The minimum Gasteiger partial charge on any atom is -0.504 e. The van der Waals surface area contributed by atoms with Crippen LogP contribution in [0.1, 0.15) is 44.1 Å². The van der Waals surface area contributed by atoms with Crippen molar-refractivity contribution in [3.63, 3.8) is 0 Å². The third-order valence-electron chi connectivity index (χ3n) is 6.78. The fraction of sp³-hybridized carbons (Fsp3) is 0.625. The first-order valence-corrected chi connectivity index (χ1v) is 11.4. The van der Waals surface area contributed by atoms with Crippen molar-refractivity contribution in [1.29, 1.82) is 0 Å². The summed E-state index contributed by atoms with van der Waals surface area (Å²) < 4.78 is 5.17. The van der Waals surface area contributed by atoms with Gasteiger partial charge in [0.25, 0.3) is 0 Å². The van der Waals surface area contributed by atoms with E-state index in [1.54, 1.807) is 13.2 Å². The molecular formula is C24H35N3O3. The molecule has 1 aromatic carbocycles. The average Bonchev–Trinajstić information content (AvgIpc) is 3.59. The van der Waals surface area contributed by atoms with E-state index in [0.29, 0.717) is 23.7 Å². The number of methoxy groups -OCH3 is 1. The zero-order chi connectivity index (χ0) is 20.9. The first-order valence-electron chi connectivity index (χ1n) is 11.4. The topological polar surface area (TPSA) is 65.0 Å². The molecule has 0 atom stereocenters. The lowest BCUT2D eigenvalue weighted by Crippen LogP contribution is -2.49. The van der Waals surface area contributed by atoms with Crippen LogP contribution in [0.5, 0.6) is 11.5 Å². The quantitative estimate of drug-likeness (QED) is 0.720. The number of nitrogens with one attached hydrogen (secondary N) is 1. The maximum absolute atomic E-state index is 12.3. The number of ether oxygens (including phenoxy) is 1. The van der Waals surface area contributed by atoms with Crippen LogP contribution in [0, 0.1) is 5.92 Å². The predicted octanol–water partition coefficient (Wildman–Crippen LogP) is 2.87. The summed E-state index contributed by atoms with van der Waals surface area (Å²) in [6.07, 6.45) is 11.1. The maximum atomic E-state index is 12.3. The van der Waals surface area contributed by atoms with Gasteiger partial charge in [0.15, 0.2) is 11.5 Å². The van der Waals surface area contributed by atoms with Gasteiger partial charge in [-0.3, -0.25) is 9.69 Å². The number of carbonyl (C=O) groups excluding carboxylic acids is 1. The summed E-state index contributed by atoms with van der Waals surface area (Å²) in [5, 5.41) is 12.9. The highest BCUT2D eigenvalue weighted by atomic mass is 16.5. The molecule has 2 N–H and O–H groups in total. The van der Waals surface area contributed by atoms with Crippen molar-refractivity contribution < 1.29 is 14.6 Å². The van der Waals surface area contributed by atoms with Gasteiger partial charge in [-0.2, -0.15) is 0 Å². The van der Waals surface area contributed by atoms with Gasteiger partial charge in [0.05, 0.1) is 7.11 Å². The number of hydrogen-bond acceptors (Lipinski definition) is 5. The van der Waals surface area contributed by atoms with E-state index < -0.39 is 0 Å². The third kappa shape index (κ3) is 5.55. The van der Waals surface area contributed by atoms with Crippen LogP contribution in [0.4, 0.5) is 0 Å². The van der Waals surface area contributed by atoms with Gasteiger partial charge in [0.2, 0.25) is 5.91 Å². The Morgan fingerprint density at radius 2 is 1.87 bits per heavy atom. The number of hydrogen-bond donors (Lipinski definition) is 2. The van der Waals surface area contributed by atoms with E-state index in [0.717, 1.165) is 51.1 Å². The van der Waals surface area contributed by atoms with Crippen LogP contribution in [0.2, 0.25) is 0 Å². The van der Waals surface area contributed by atoms with Crippen molar-refractivity contribution in [2.24, 2.45) is 5.92 Å². The molecule has 2 heterocycles. The molecule has 1 aromatic rings. The largest absolute Gasteiger partial charge is 0.504 e. The Labute approximate surface area is 179 Å². The molecular weight excluding hydrogens is 378 g/mol. The van der Waals surface area contributed by atoms with Crippen molar-refractivity contribution in [1.82, 2.24) is 15.1 Å². The summed E-state index contributed by atoms with van der Waals surface area (Å²) in [5.74, 6) is 1.20. The summed E-state index contributed by atoms with van der Waals surface area (Å²) in [6, 6.07) is 6.56. The number of rotatable bonds is 7. The third-order valence-corrected chi connectivity index (χ3v) is 6.78. The van der Waals surface area contributed by atoms with Crippen LogP contribution in [0.3, 0.4) is 0 Å². The molecule has 6 nitrogen and oxygen atoms in total. The molecule has 4 rings (SSSR count). The second-order valence-corrected chi connectivity index (χ2v) is 8.96. The highest BCUT2D eigenvalue weighted by Crippen LogP contribution is 2.27.